The van der Waals surface area contributed by atoms with Crippen molar-refractivity contribution in [2.75, 3.05) is 11.4 Å². The fraction of sp³-hybridized carbons (Fsp3) is 0.278. The summed E-state index contributed by atoms with van der Waals surface area (Å²) in [5.41, 5.74) is 1.68. The average molecular weight is 362 g/mol. The van der Waals surface area contributed by atoms with Gasteiger partial charge in [0.25, 0.3) is 0 Å². The largest absolute Gasteiger partial charge is 0.311 e. The molecular weight excluding hydrogens is 343 g/mol. The highest BCUT2D eigenvalue weighted by Gasteiger charge is 2.35. The zero-order valence-electron chi connectivity index (χ0n) is 13.8. The third kappa shape index (κ3) is 4.05. The lowest BCUT2D eigenvalue weighted by Crippen LogP contribution is -2.42. The van der Waals surface area contributed by atoms with E-state index in [1.54, 1.807) is 37.3 Å². The van der Waals surface area contributed by atoms with Gasteiger partial charge in [0.15, 0.2) is 0 Å². The minimum atomic E-state index is -3.63. The molecule has 132 valence electrons. The molecule has 3 rings (SSSR count). The Morgan fingerprint density at radius 3 is 2.60 bits per heavy atom. The Morgan fingerprint density at radius 1 is 1.20 bits per heavy atom. The van der Waals surface area contributed by atoms with Crippen molar-refractivity contribution in [2.24, 2.45) is 0 Å². The average Bonchev–Trinajstić information content (AvgIpc) is 2.91. The van der Waals surface area contributed by atoms with Crippen molar-refractivity contribution in [2.45, 2.75) is 25.1 Å². The lowest BCUT2D eigenvalue weighted by Gasteiger charge is -2.18. The van der Waals surface area contributed by atoms with Crippen molar-refractivity contribution < 1.29 is 17.6 Å². The van der Waals surface area contributed by atoms with Gasteiger partial charge in [0.1, 0.15) is 11.9 Å². The van der Waals surface area contributed by atoms with E-state index < -0.39 is 16.1 Å². The molecule has 0 saturated carbocycles. The van der Waals surface area contributed by atoms with E-state index in [0.29, 0.717) is 29.8 Å². The molecule has 5 nitrogen and oxygen atoms in total. The molecule has 2 aromatic rings. The van der Waals surface area contributed by atoms with Crippen LogP contribution in [0, 0.1) is 12.7 Å². The minimum absolute atomic E-state index is 0.173. The molecule has 1 fully saturated rings. The third-order valence-electron chi connectivity index (χ3n) is 4.18. The number of nitrogens with one attached hydrogen (secondary N) is 1. The smallest absolute Gasteiger partial charge is 0.245 e. The first-order valence-corrected chi connectivity index (χ1v) is 9.62. The molecule has 1 aliphatic rings. The number of halogens is 1. The first-order chi connectivity index (χ1) is 11.9. The molecule has 1 saturated heterocycles. The second-order valence-corrected chi connectivity index (χ2v) is 7.88. The van der Waals surface area contributed by atoms with Gasteiger partial charge in [-0.1, -0.05) is 30.3 Å². The summed E-state index contributed by atoms with van der Waals surface area (Å²) in [7, 11) is -3.63. The second kappa shape index (κ2) is 6.93. The van der Waals surface area contributed by atoms with Crippen LogP contribution in [-0.4, -0.2) is 26.9 Å². The molecule has 1 N–H and O–H groups in total. The predicted molar refractivity (Wildman–Crippen MR) is 94.1 cm³/mol. The Morgan fingerprint density at radius 2 is 1.92 bits per heavy atom. The number of carbonyl (C=O) groups excluding carboxylic acids is 1. The molecule has 0 bridgehead atoms. The van der Waals surface area contributed by atoms with E-state index in [2.05, 4.69) is 4.72 Å². The van der Waals surface area contributed by atoms with E-state index in [4.69, 9.17) is 0 Å². The minimum Gasteiger partial charge on any atom is -0.311 e. The van der Waals surface area contributed by atoms with Crippen LogP contribution in [0.5, 0.6) is 0 Å². The van der Waals surface area contributed by atoms with Gasteiger partial charge in [-0.05, 0) is 42.7 Å². The monoisotopic (exact) mass is 362 g/mol. The maximum absolute atomic E-state index is 13.4. The fourth-order valence-corrected chi connectivity index (χ4v) is 4.26. The third-order valence-corrected chi connectivity index (χ3v) is 5.54. The number of amides is 1. The van der Waals surface area contributed by atoms with Gasteiger partial charge in [-0.15, -0.1) is 0 Å². The van der Waals surface area contributed by atoms with Crippen LogP contribution in [0.4, 0.5) is 10.1 Å². The molecule has 7 heteroatoms. The Bertz CT molecular complexity index is 884. The lowest BCUT2D eigenvalue weighted by atomic mass is 10.2. The van der Waals surface area contributed by atoms with Crippen LogP contribution in [0.2, 0.25) is 0 Å². The Kier molecular flexibility index (Phi) is 4.87. The summed E-state index contributed by atoms with van der Waals surface area (Å²) in [6.07, 6.45) is 0.378. The zero-order chi connectivity index (χ0) is 18.0. The number of nitrogens with zero attached hydrogens (tertiary/aromatic N) is 1. The van der Waals surface area contributed by atoms with E-state index in [1.807, 2.05) is 6.07 Å². The Hall–Kier alpha value is -2.25. The number of sulfonamides is 1. The first kappa shape index (κ1) is 17.6. The molecule has 0 spiro atoms. The van der Waals surface area contributed by atoms with E-state index in [1.165, 1.54) is 17.0 Å². The van der Waals surface area contributed by atoms with Crippen molar-refractivity contribution in [3.8, 4) is 0 Å². The van der Waals surface area contributed by atoms with Gasteiger partial charge >= 0.3 is 0 Å². The van der Waals surface area contributed by atoms with Crippen LogP contribution in [0.15, 0.2) is 48.5 Å². The van der Waals surface area contributed by atoms with Crippen LogP contribution in [0.25, 0.3) is 0 Å². The van der Waals surface area contributed by atoms with Crippen molar-refractivity contribution in [3.63, 3.8) is 0 Å². The van der Waals surface area contributed by atoms with Crippen LogP contribution >= 0.6 is 0 Å². The van der Waals surface area contributed by atoms with Gasteiger partial charge in [0.05, 0.1) is 5.75 Å². The highest BCUT2D eigenvalue weighted by atomic mass is 32.2. The quantitative estimate of drug-likeness (QED) is 0.888. The fourth-order valence-electron chi connectivity index (χ4n) is 2.89. The number of hydrogen-bond donors (Lipinski definition) is 1. The summed E-state index contributed by atoms with van der Waals surface area (Å²) in [5.74, 6) is -0.828. The molecule has 0 aromatic heterocycles. The summed E-state index contributed by atoms with van der Waals surface area (Å²) in [5, 5.41) is 0. The van der Waals surface area contributed by atoms with Crippen LogP contribution in [0.3, 0.4) is 0 Å². The van der Waals surface area contributed by atoms with Crippen molar-refractivity contribution in [3.05, 3.63) is 65.5 Å². The Balaban J connectivity index is 1.70. The number of carbonyl (C=O) groups is 1. The molecule has 1 amide bonds. The highest BCUT2D eigenvalue weighted by Crippen LogP contribution is 2.24. The van der Waals surface area contributed by atoms with Crippen LogP contribution < -0.4 is 9.62 Å². The number of rotatable bonds is 5. The molecular formula is C18H19FN2O3S. The normalized spacial score (nSPS) is 17.9. The maximum Gasteiger partial charge on any atom is 0.245 e. The topological polar surface area (TPSA) is 66.5 Å². The van der Waals surface area contributed by atoms with E-state index in [-0.39, 0.29) is 17.5 Å². The molecule has 0 radical (unpaired) electrons. The molecule has 1 unspecified atom stereocenters. The van der Waals surface area contributed by atoms with Gasteiger partial charge in [0, 0.05) is 12.2 Å². The predicted octanol–water partition coefficient (Wildman–Crippen LogP) is 2.36. The number of benzene rings is 2. The number of hydrogen-bond acceptors (Lipinski definition) is 3. The molecule has 25 heavy (non-hydrogen) atoms. The van der Waals surface area contributed by atoms with Gasteiger partial charge in [-0.25, -0.2) is 17.5 Å². The summed E-state index contributed by atoms with van der Waals surface area (Å²) < 4.78 is 40.5. The van der Waals surface area contributed by atoms with Crippen molar-refractivity contribution >= 4 is 21.6 Å². The second-order valence-electron chi connectivity index (χ2n) is 6.13. The van der Waals surface area contributed by atoms with Gasteiger partial charge in [-0.2, -0.15) is 0 Å². The number of aryl methyl sites for hydroxylation is 1. The molecule has 1 atom stereocenters. The van der Waals surface area contributed by atoms with Crippen molar-refractivity contribution in [1.29, 1.82) is 0 Å². The Labute approximate surface area is 146 Å². The molecule has 2 aromatic carbocycles. The summed E-state index contributed by atoms with van der Waals surface area (Å²) in [6, 6.07) is 12.4. The van der Waals surface area contributed by atoms with Crippen molar-refractivity contribution in [1.82, 2.24) is 4.72 Å². The summed E-state index contributed by atoms with van der Waals surface area (Å²) in [4.78, 5) is 14.0. The molecule has 1 heterocycles. The molecule has 1 aliphatic heterocycles. The summed E-state index contributed by atoms with van der Waals surface area (Å²) in [6.45, 7) is 2.02. The SMILES string of the molecule is Cc1cc(N2CCC(NS(=O)(=O)Cc3ccccc3)C2=O)ccc1F. The summed E-state index contributed by atoms with van der Waals surface area (Å²) >= 11 is 0. The van der Waals surface area contributed by atoms with Gasteiger partial charge < -0.3 is 4.90 Å². The standard InChI is InChI=1S/C18H19FN2O3S/c1-13-11-15(7-8-16(13)19)21-10-9-17(18(21)22)20-25(23,24)12-14-5-3-2-4-6-14/h2-8,11,17,20H,9-10,12H2,1H3. The van der Waals surface area contributed by atoms with E-state index in [9.17, 15) is 17.6 Å². The first-order valence-electron chi connectivity index (χ1n) is 7.97. The molecule has 0 aliphatic carbocycles. The lowest BCUT2D eigenvalue weighted by molar-refractivity contribution is -0.118. The number of anilines is 1. The van der Waals surface area contributed by atoms with E-state index in [0.717, 1.165) is 0 Å². The van der Waals surface area contributed by atoms with Crippen LogP contribution in [0.1, 0.15) is 17.5 Å². The van der Waals surface area contributed by atoms with Gasteiger partial charge in [-0.3, -0.25) is 4.79 Å². The van der Waals surface area contributed by atoms with Gasteiger partial charge in [0.2, 0.25) is 15.9 Å². The maximum atomic E-state index is 13.4. The highest BCUT2D eigenvalue weighted by molar-refractivity contribution is 7.88. The van der Waals surface area contributed by atoms with Crippen LogP contribution in [-0.2, 0) is 20.6 Å². The zero-order valence-corrected chi connectivity index (χ0v) is 14.6. The van der Waals surface area contributed by atoms with E-state index >= 15 is 0 Å².